The predicted molar refractivity (Wildman–Crippen MR) is 109 cm³/mol. The highest BCUT2D eigenvalue weighted by Crippen LogP contribution is 2.27. The minimum Gasteiger partial charge on any atom is -0.406 e. The first kappa shape index (κ1) is 21.7. The van der Waals surface area contributed by atoms with Gasteiger partial charge >= 0.3 is 6.36 Å². The molecule has 1 atom stereocenters. The Morgan fingerprint density at radius 3 is 2.61 bits per heavy atom. The Bertz CT molecular complexity index is 951. The molecule has 6 nitrogen and oxygen atoms in total. The number of likely N-dealkylation sites (tertiary alicyclic amines) is 1. The molecule has 1 unspecified atom stereocenters. The number of carbonyl (C=O) groups is 1. The van der Waals surface area contributed by atoms with Crippen molar-refractivity contribution >= 4 is 5.91 Å². The summed E-state index contributed by atoms with van der Waals surface area (Å²) in [6.07, 6.45) is 1.08. The third kappa shape index (κ3) is 4.87. The number of carbonyl (C=O) groups excluding carboxylic acids is 1. The number of aryl methyl sites for hydroxylation is 1. The Hall–Kier alpha value is -2.55. The molecule has 1 saturated carbocycles. The second-order valence-electron chi connectivity index (χ2n) is 8.39. The molecule has 1 aliphatic heterocycles. The van der Waals surface area contributed by atoms with E-state index < -0.39 is 6.36 Å². The summed E-state index contributed by atoms with van der Waals surface area (Å²) >= 11 is 0. The van der Waals surface area contributed by atoms with Crippen molar-refractivity contribution in [1.82, 2.24) is 20.0 Å². The number of benzene rings is 1. The SMILES string of the molecule is Cc1nn(-c2cccc(OC(F)(F)F)c2)c(C)c1C(=O)N1CCC(NC2CCCC2)C1. The van der Waals surface area contributed by atoms with Gasteiger partial charge in [-0.15, -0.1) is 13.2 Å². The molecule has 2 heterocycles. The highest BCUT2D eigenvalue weighted by atomic mass is 19.4. The Morgan fingerprint density at radius 1 is 1.16 bits per heavy atom. The lowest BCUT2D eigenvalue weighted by Crippen LogP contribution is -2.39. The number of halogens is 3. The smallest absolute Gasteiger partial charge is 0.406 e. The number of rotatable bonds is 5. The molecule has 1 aromatic carbocycles. The molecule has 1 aliphatic carbocycles. The van der Waals surface area contributed by atoms with Crippen LogP contribution >= 0.6 is 0 Å². The Balaban J connectivity index is 1.50. The van der Waals surface area contributed by atoms with Crippen molar-refractivity contribution in [2.45, 2.75) is 64.4 Å². The number of aromatic nitrogens is 2. The summed E-state index contributed by atoms with van der Waals surface area (Å²) in [4.78, 5) is 15.1. The van der Waals surface area contributed by atoms with Crippen LogP contribution in [-0.4, -0.2) is 52.1 Å². The molecule has 2 aromatic rings. The lowest BCUT2D eigenvalue weighted by Gasteiger charge is -2.20. The molecule has 2 aliphatic rings. The Morgan fingerprint density at radius 2 is 1.90 bits per heavy atom. The van der Waals surface area contributed by atoms with E-state index in [1.54, 1.807) is 19.9 Å². The van der Waals surface area contributed by atoms with Gasteiger partial charge in [0.05, 0.1) is 22.6 Å². The maximum atomic E-state index is 13.2. The van der Waals surface area contributed by atoms with Gasteiger partial charge in [0.2, 0.25) is 0 Å². The van der Waals surface area contributed by atoms with E-state index in [1.165, 1.54) is 48.6 Å². The first-order valence-electron chi connectivity index (χ1n) is 10.7. The zero-order valence-corrected chi connectivity index (χ0v) is 17.7. The molecule has 4 rings (SSSR count). The summed E-state index contributed by atoms with van der Waals surface area (Å²) in [6, 6.07) is 6.45. The standard InChI is InChI=1S/C22H27F3N4O2/c1-14-20(21(30)28-11-10-17(13-28)26-16-6-3-4-7-16)15(2)29(27-14)18-8-5-9-19(12-18)31-22(23,24)25/h5,8-9,12,16-17,26H,3-4,6-7,10-11,13H2,1-2H3. The maximum Gasteiger partial charge on any atom is 0.573 e. The van der Waals surface area contributed by atoms with Gasteiger partial charge in [0.25, 0.3) is 5.91 Å². The molecule has 0 bridgehead atoms. The van der Waals surface area contributed by atoms with Crippen LogP contribution < -0.4 is 10.1 Å². The molecular formula is C22H27F3N4O2. The van der Waals surface area contributed by atoms with Crippen molar-refractivity contribution in [2.75, 3.05) is 13.1 Å². The van der Waals surface area contributed by atoms with Crippen molar-refractivity contribution in [3.05, 3.63) is 41.2 Å². The number of hydrogen-bond acceptors (Lipinski definition) is 4. The molecule has 168 valence electrons. The van der Waals surface area contributed by atoms with Gasteiger partial charge in [-0.3, -0.25) is 4.79 Å². The third-order valence-electron chi connectivity index (χ3n) is 6.10. The second-order valence-corrected chi connectivity index (χ2v) is 8.39. The number of hydrogen-bond donors (Lipinski definition) is 1. The minimum absolute atomic E-state index is 0.0836. The molecule has 1 amide bonds. The van der Waals surface area contributed by atoms with E-state index in [1.807, 2.05) is 4.90 Å². The van der Waals surface area contributed by atoms with Gasteiger partial charge in [0.1, 0.15) is 5.75 Å². The van der Waals surface area contributed by atoms with Gasteiger partial charge in [-0.2, -0.15) is 5.10 Å². The zero-order valence-electron chi connectivity index (χ0n) is 17.7. The highest BCUT2D eigenvalue weighted by molar-refractivity contribution is 5.96. The van der Waals surface area contributed by atoms with Crippen LogP contribution in [0.4, 0.5) is 13.2 Å². The van der Waals surface area contributed by atoms with Crippen molar-refractivity contribution in [2.24, 2.45) is 0 Å². The average Bonchev–Trinajstić information content (AvgIpc) is 3.42. The third-order valence-corrected chi connectivity index (χ3v) is 6.10. The van der Waals surface area contributed by atoms with Gasteiger partial charge < -0.3 is 15.0 Å². The first-order chi connectivity index (χ1) is 14.7. The lowest BCUT2D eigenvalue weighted by molar-refractivity contribution is -0.274. The summed E-state index contributed by atoms with van der Waals surface area (Å²) in [7, 11) is 0. The molecule has 31 heavy (non-hydrogen) atoms. The fraction of sp³-hybridized carbons (Fsp3) is 0.545. The molecular weight excluding hydrogens is 409 g/mol. The van der Waals surface area contributed by atoms with Crippen LogP contribution in [0.2, 0.25) is 0 Å². The van der Waals surface area contributed by atoms with E-state index in [0.29, 0.717) is 47.8 Å². The van der Waals surface area contributed by atoms with Gasteiger partial charge in [-0.25, -0.2) is 4.68 Å². The predicted octanol–water partition coefficient (Wildman–Crippen LogP) is 4.13. The molecule has 0 spiro atoms. The van der Waals surface area contributed by atoms with Crippen LogP contribution in [-0.2, 0) is 0 Å². The summed E-state index contributed by atoms with van der Waals surface area (Å²) in [5.41, 5.74) is 2.06. The summed E-state index contributed by atoms with van der Waals surface area (Å²) in [5.74, 6) is -0.412. The fourth-order valence-corrected chi connectivity index (χ4v) is 4.68. The normalized spacial score (nSPS) is 19.9. The van der Waals surface area contributed by atoms with Crippen molar-refractivity contribution in [3.8, 4) is 11.4 Å². The topological polar surface area (TPSA) is 59.4 Å². The van der Waals surface area contributed by atoms with Crippen LogP contribution in [0.25, 0.3) is 5.69 Å². The van der Waals surface area contributed by atoms with E-state index in [9.17, 15) is 18.0 Å². The summed E-state index contributed by atoms with van der Waals surface area (Å²) < 4.78 is 43.2. The van der Waals surface area contributed by atoms with E-state index in [2.05, 4.69) is 15.2 Å². The Kier molecular flexibility index (Phi) is 5.96. The fourth-order valence-electron chi connectivity index (χ4n) is 4.68. The van der Waals surface area contributed by atoms with E-state index in [4.69, 9.17) is 0 Å². The van der Waals surface area contributed by atoms with Crippen molar-refractivity contribution < 1.29 is 22.7 Å². The van der Waals surface area contributed by atoms with Crippen molar-refractivity contribution in [1.29, 1.82) is 0 Å². The number of nitrogens with zero attached hydrogens (tertiary/aromatic N) is 3. The Labute approximate surface area is 179 Å². The monoisotopic (exact) mass is 436 g/mol. The van der Waals surface area contributed by atoms with Crippen LogP contribution in [0.15, 0.2) is 24.3 Å². The lowest BCUT2D eigenvalue weighted by atomic mass is 10.1. The largest absolute Gasteiger partial charge is 0.573 e. The molecule has 1 aromatic heterocycles. The quantitative estimate of drug-likeness (QED) is 0.766. The van der Waals surface area contributed by atoms with E-state index in [-0.39, 0.29) is 11.7 Å². The zero-order chi connectivity index (χ0) is 22.2. The van der Waals surface area contributed by atoms with Gasteiger partial charge in [0, 0.05) is 31.2 Å². The number of alkyl halides is 3. The molecule has 0 radical (unpaired) electrons. The van der Waals surface area contributed by atoms with Gasteiger partial charge in [-0.05, 0) is 45.2 Å². The maximum absolute atomic E-state index is 13.2. The highest BCUT2D eigenvalue weighted by Gasteiger charge is 2.33. The van der Waals surface area contributed by atoms with Crippen LogP contribution in [0.1, 0.15) is 53.8 Å². The summed E-state index contributed by atoms with van der Waals surface area (Å²) in [5, 5.41) is 8.11. The number of amides is 1. The van der Waals surface area contributed by atoms with Crippen LogP contribution in [0.5, 0.6) is 5.75 Å². The van der Waals surface area contributed by atoms with Crippen molar-refractivity contribution in [3.63, 3.8) is 0 Å². The first-order valence-corrected chi connectivity index (χ1v) is 10.7. The van der Waals surface area contributed by atoms with Crippen LogP contribution in [0.3, 0.4) is 0 Å². The van der Waals surface area contributed by atoms with Crippen LogP contribution in [0, 0.1) is 13.8 Å². The minimum atomic E-state index is -4.77. The average molecular weight is 436 g/mol. The molecule has 1 saturated heterocycles. The molecule has 1 N–H and O–H groups in total. The number of ether oxygens (including phenoxy) is 1. The summed E-state index contributed by atoms with van der Waals surface area (Å²) in [6.45, 7) is 4.85. The molecule has 2 fully saturated rings. The molecule has 9 heteroatoms. The van der Waals surface area contributed by atoms with E-state index in [0.717, 1.165) is 6.42 Å². The van der Waals surface area contributed by atoms with Gasteiger partial charge in [0.15, 0.2) is 0 Å². The van der Waals surface area contributed by atoms with Gasteiger partial charge in [-0.1, -0.05) is 18.9 Å². The van der Waals surface area contributed by atoms with E-state index >= 15 is 0 Å². The number of nitrogens with one attached hydrogen (secondary N) is 1. The second kappa shape index (κ2) is 8.53.